The Hall–Kier alpha value is -3.74. The zero-order valence-corrected chi connectivity index (χ0v) is 19.6. The lowest BCUT2D eigenvalue weighted by Crippen LogP contribution is -2.06. The van der Waals surface area contributed by atoms with E-state index < -0.39 is 5.97 Å². The predicted molar refractivity (Wildman–Crippen MR) is 131 cm³/mol. The summed E-state index contributed by atoms with van der Waals surface area (Å²) < 4.78 is 17.6. The van der Waals surface area contributed by atoms with Crippen LogP contribution in [0.3, 0.4) is 0 Å². The lowest BCUT2D eigenvalue weighted by Gasteiger charge is -2.13. The number of nitrogens with one attached hydrogen (secondary N) is 1. The summed E-state index contributed by atoms with van der Waals surface area (Å²) in [6, 6.07) is 11.7. The monoisotopic (exact) mass is 462 g/mol. The number of aromatic amines is 1. The number of aryl methyl sites for hydroxylation is 2. The van der Waals surface area contributed by atoms with Gasteiger partial charge in [-0.2, -0.15) is 0 Å². The maximum absolute atomic E-state index is 11.1. The minimum Gasteiger partial charge on any atom is -0.493 e. The first-order valence-corrected chi connectivity index (χ1v) is 11.7. The summed E-state index contributed by atoms with van der Waals surface area (Å²) >= 11 is 0. The summed E-state index contributed by atoms with van der Waals surface area (Å²) in [4.78, 5) is 18.7. The molecule has 2 aromatic carbocycles. The Kier molecular flexibility index (Phi) is 7.52. The van der Waals surface area contributed by atoms with E-state index in [4.69, 9.17) is 19.0 Å². The average molecular weight is 463 g/mol. The molecular weight excluding hydrogens is 432 g/mol. The van der Waals surface area contributed by atoms with Crippen LogP contribution >= 0.6 is 0 Å². The van der Waals surface area contributed by atoms with E-state index in [-0.39, 0.29) is 6.42 Å². The fourth-order valence-corrected chi connectivity index (χ4v) is 3.91. The van der Waals surface area contributed by atoms with Gasteiger partial charge in [0, 0.05) is 29.1 Å². The van der Waals surface area contributed by atoms with Crippen molar-refractivity contribution in [3.8, 4) is 23.0 Å². The molecule has 0 saturated heterocycles. The van der Waals surface area contributed by atoms with Gasteiger partial charge in [-0.25, -0.2) is 4.98 Å². The minimum atomic E-state index is -0.856. The number of benzene rings is 2. The molecule has 0 saturated carbocycles. The fraction of sp³-hybridized carbons (Fsp3) is 0.333. The number of aliphatic carboxylic acids is 1. The number of rotatable bonds is 12. The highest BCUT2D eigenvalue weighted by Crippen LogP contribution is 2.28. The number of oxazole rings is 1. The van der Waals surface area contributed by atoms with Crippen LogP contribution in [0.1, 0.15) is 43.5 Å². The number of hydrogen-bond acceptors (Lipinski definition) is 5. The number of H-pyrrole nitrogens is 1. The van der Waals surface area contributed by atoms with Crippen LogP contribution in [0, 0.1) is 0 Å². The van der Waals surface area contributed by atoms with Crippen molar-refractivity contribution in [2.45, 2.75) is 46.0 Å². The molecule has 0 aliphatic heterocycles. The van der Waals surface area contributed by atoms with Gasteiger partial charge >= 0.3 is 5.97 Å². The number of nitrogens with zero attached hydrogens (tertiary/aromatic N) is 1. The van der Waals surface area contributed by atoms with Gasteiger partial charge in [0.15, 0.2) is 0 Å². The van der Waals surface area contributed by atoms with Crippen LogP contribution in [-0.4, -0.2) is 34.3 Å². The molecule has 4 aromatic rings. The summed E-state index contributed by atoms with van der Waals surface area (Å²) in [6.07, 6.45) is 6.92. The second kappa shape index (κ2) is 10.9. The second-order valence-electron chi connectivity index (χ2n) is 8.21. The van der Waals surface area contributed by atoms with Gasteiger partial charge in [0.05, 0.1) is 25.3 Å². The molecule has 34 heavy (non-hydrogen) atoms. The van der Waals surface area contributed by atoms with Crippen molar-refractivity contribution in [3.63, 3.8) is 0 Å². The smallest absolute Gasteiger partial charge is 0.307 e. The molecule has 0 aliphatic rings. The van der Waals surface area contributed by atoms with E-state index in [1.165, 1.54) is 0 Å². The van der Waals surface area contributed by atoms with Crippen molar-refractivity contribution in [1.29, 1.82) is 0 Å². The van der Waals surface area contributed by atoms with Gasteiger partial charge in [0.2, 0.25) is 5.89 Å². The maximum atomic E-state index is 11.1. The summed E-state index contributed by atoms with van der Waals surface area (Å²) in [5.74, 6) is 1.37. The molecule has 7 nitrogen and oxygen atoms in total. The molecule has 0 aliphatic carbocycles. The Morgan fingerprint density at radius 1 is 1.09 bits per heavy atom. The molecule has 2 aromatic heterocycles. The Morgan fingerprint density at radius 3 is 2.71 bits per heavy atom. The SMILES string of the molecule is CCCc1cc(-c2nc(CC)co2)ccc1OCCCOc1ccc2[nH]cc(CC(=O)O)c2c1. The number of ether oxygens (including phenoxy) is 2. The van der Waals surface area contributed by atoms with Crippen LogP contribution in [-0.2, 0) is 24.1 Å². The van der Waals surface area contributed by atoms with Gasteiger partial charge < -0.3 is 24.0 Å². The quantitative estimate of drug-likeness (QED) is 0.258. The lowest BCUT2D eigenvalue weighted by atomic mass is 10.1. The van der Waals surface area contributed by atoms with E-state index in [1.54, 1.807) is 12.5 Å². The van der Waals surface area contributed by atoms with Gasteiger partial charge in [0.25, 0.3) is 0 Å². The van der Waals surface area contributed by atoms with E-state index in [1.807, 2.05) is 30.3 Å². The highest BCUT2D eigenvalue weighted by atomic mass is 16.5. The number of hydrogen-bond donors (Lipinski definition) is 2. The molecule has 2 N–H and O–H groups in total. The molecule has 178 valence electrons. The Labute approximate surface area is 198 Å². The molecule has 4 rings (SSSR count). The first kappa shape index (κ1) is 23.4. The largest absolute Gasteiger partial charge is 0.493 e. The molecule has 7 heteroatoms. The second-order valence-corrected chi connectivity index (χ2v) is 8.21. The standard InChI is InChI=1S/C27H30N2O5/c1-3-6-18-13-19(27-29-21(4-2)17-34-27)7-10-25(18)33-12-5-11-32-22-8-9-24-23(15-22)20(16-28-24)14-26(30)31/h7-10,13,15-17,28H,3-6,11-12,14H2,1-2H3,(H,30,31). The van der Waals surface area contributed by atoms with Gasteiger partial charge in [0.1, 0.15) is 17.8 Å². The van der Waals surface area contributed by atoms with Crippen molar-refractivity contribution in [2.75, 3.05) is 13.2 Å². The minimum absolute atomic E-state index is 0.0219. The normalized spacial score (nSPS) is 11.1. The van der Waals surface area contributed by atoms with Crippen molar-refractivity contribution in [3.05, 3.63) is 65.7 Å². The van der Waals surface area contributed by atoms with Crippen LogP contribution in [0.15, 0.2) is 53.3 Å². The highest BCUT2D eigenvalue weighted by Gasteiger charge is 2.11. The first-order chi connectivity index (χ1) is 16.6. The average Bonchev–Trinajstić information content (AvgIpc) is 3.47. The summed E-state index contributed by atoms with van der Waals surface area (Å²) in [7, 11) is 0. The third-order valence-electron chi connectivity index (χ3n) is 5.64. The van der Waals surface area contributed by atoms with E-state index in [0.717, 1.165) is 64.7 Å². The van der Waals surface area contributed by atoms with Crippen LogP contribution in [0.2, 0.25) is 0 Å². The number of aromatic nitrogens is 2. The first-order valence-electron chi connectivity index (χ1n) is 11.7. The van der Waals surface area contributed by atoms with Crippen molar-refractivity contribution >= 4 is 16.9 Å². The topological polar surface area (TPSA) is 97.6 Å². The van der Waals surface area contributed by atoms with Gasteiger partial charge in [-0.1, -0.05) is 20.3 Å². The number of carboxylic acids is 1. The summed E-state index contributed by atoms with van der Waals surface area (Å²) in [5.41, 5.74) is 4.69. The zero-order valence-electron chi connectivity index (χ0n) is 19.6. The number of carbonyl (C=O) groups is 1. The third-order valence-corrected chi connectivity index (χ3v) is 5.64. The van der Waals surface area contributed by atoms with E-state index in [0.29, 0.717) is 24.9 Å². The molecule has 2 heterocycles. The number of fused-ring (bicyclic) bond motifs is 1. The van der Waals surface area contributed by atoms with E-state index in [2.05, 4.69) is 29.9 Å². The van der Waals surface area contributed by atoms with Gasteiger partial charge in [-0.3, -0.25) is 4.79 Å². The molecule has 0 fully saturated rings. The Morgan fingerprint density at radius 2 is 1.94 bits per heavy atom. The molecule has 0 unspecified atom stereocenters. The van der Waals surface area contributed by atoms with Crippen molar-refractivity contribution in [1.82, 2.24) is 9.97 Å². The van der Waals surface area contributed by atoms with Gasteiger partial charge in [-0.05, 0) is 60.4 Å². The molecule has 0 amide bonds. The highest BCUT2D eigenvalue weighted by molar-refractivity contribution is 5.88. The molecule has 0 bridgehead atoms. The van der Waals surface area contributed by atoms with Crippen LogP contribution < -0.4 is 9.47 Å². The molecule has 0 atom stereocenters. The Bertz CT molecular complexity index is 1260. The van der Waals surface area contributed by atoms with Crippen molar-refractivity contribution in [2.24, 2.45) is 0 Å². The lowest BCUT2D eigenvalue weighted by molar-refractivity contribution is -0.136. The summed E-state index contributed by atoms with van der Waals surface area (Å²) in [6.45, 7) is 5.24. The Balaban J connectivity index is 1.33. The molecule has 0 spiro atoms. The van der Waals surface area contributed by atoms with Crippen molar-refractivity contribution < 1.29 is 23.8 Å². The van der Waals surface area contributed by atoms with Gasteiger partial charge in [-0.15, -0.1) is 0 Å². The predicted octanol–water partition coefficient (Wildman–Crippen LogP) is 5.81. The van der Waals surface area contributed by atoms with Crippen LogP contribution in [0.25, 0.3) is 22.4 Å². The fourth-order valence-electron chi connectivity index (χ4n) is 3.91. The summed E-state index contributed by atoms with van der Waals surface area (Å²) in [5, 5.41) is 9.95. The zero-order chi connectivity index (χ0) is 23.9. The van der Waals surface area contributed by atoms with E-state index in [9.17, 15) is 4.79 Å². The van der Waals surface area contributed by atoms with E-state index >= 15 is 0 Å². The molecule has 0 radical (unpaired) electrons. The maximum Gasteiger partial charge on any atom is 0.307 e. The van der Waals surface area contributed by atoms with Crippen LogP contribution in [0.5, 0.6) is 11.5 Å². The molecular formula is C27H30N2O5. The number of carboxylic acid groups (broad SMARTS) is 1. The van der Waals surface area contributed by atoms with Crippen LogP contribution in [0.4, 0.5) is 0 Å². The third kappa shape index (κ3) is 5.60.